The highest BCUT2D eigenvalue weighted by Crippen LogP contribution is 2.28. The van der Waals surface area contributed by atoms with Gasteiger partial charge >= 0.3 is 5.97 Å². The van der Waals surface area contributed by atoms with E-state index in [0.717, 1.165) is 6.20 Å². The van der Waals surface area contributed by atoms with E-state index < -0.39 is 18.0 Å². The van der Waals surface area contributed by atoms with Crippen molar-refractivity contribution in [3.8, 4) is 0 Å². The third-order valence-corrected chi connectivity index (χ3v) is 2.80. The van der Waals surface area contributed by atoms with Crippen molar-refractivity contribution in [1.82, 2.24) is 4.98 Å². The Hall–Kier alpha value is -1.04. The van der Waals surface area contributed by atoms with Crippen molar-refractivity contribution < 1.29 is 18.3 Å². The first-order chi connectivity index (χ1) is 7.49. The van der Waals surface area contributed by atoms with Gasteiger partial charge in [-0.15, -0.1) is 0 Å². The summed E-state index contributed by atoms with van der Waals surface area (Å²) in [6, 6.07) is 0. The van der Waals surface area contributed by atoms with Crippen molar-refractivity contribution in [2.24, 2.45) is 0 Å². The van der Waals surface area contributed by atoms with Crippen LogP contribution in [0.15, 0.2) is 10.8 Å². The highest BCUT2D eigenvalue weighted by Gasteiger charge is 2.23. The van der Waals surface area contributed by atoms with Crippen molar-refractivity contribution in [2.45, 2.75) is 20.3 Å². The molecule has 3 nitrogen and oxygen atoms in total. The fourth-order valence-corrected chi connectivity index (χ4v) is 1.55. The molecule has 0 bridgehead atoms. The molecule has 0 amide bonds. The maximum absolute atomic E-state index is 12.7. The van der Waals surface area contributed by atoms with E-state index >= 15 is 0 Å². The highest BCUT2D eigenvalue weighted by atomic mass is 79.9. The summed E-state index contributed by atoms with van der Waals surface area (Å²) in [6.45, 7) is 3.29. The molecule has 0 saturated heterocycles. The van der Waals surface area contributed by atoms with Crippen molar-refractivity contribution in [3.05, 3.63) is 27.5 Å². The maximum atomic E-state index is 12.7. The minimum absolute atomic E-state index is 0.112. The van der Waals surface area contributed by atoms with E-state index in [9.17, 15) is 13.6 Å². The topological polar surface area (TPSA) is 39.2 Å². The van der Waals surface area contributed by atoms with Gasteiger partial charge in [0.05, 0.1) is 17.7 Å². The highest BCUT2D eigenvalue weighted by molar-refractivity contribution is 9.10. The second kappa shape index (κ2) is 5.34. The first-order valence-electron chi connectivity index (χ1n) is 4.59. The first kappa shape index (κ1) is 13.0. The van der Waals surface area contributed by atoms with Crippen LogP contribution in [-0.2, 0) is 4.74 Å². The molecule has 0 aromatic carbocycles. The zero-order valence-corrected chi connectivity index (χ0v) is 10.3. The Bertz CT molecular complexity index is 410. The standard InChI is InChI=1S/C10H10BrF2NO2/c1-3-16-10(15)7-5(2)8(11)14-4-6(7)9(12)13/h4,9H,3H2,1-2H3. The van der Waals surface area contributed by atoms with Crippen LogP contribution in [0, 0.1) is 6.92 Å². The number of carbonyl (C=O) groups excluding carboxylic acids is 1. The van der Waals surface area contributed by atoms with Crippen molar-refractivity contribution in [3.63, 3.8) is 0 Å². The monoisotopic (exact) mass is 293 g/mol. The van der Waals surface area contributed by atoms with Gasteiger partial charge in [0.2, 0.25) is 0 Å². The number of ether oxygens (including phenoxy) is 1. The summed E-state index contributed by atoms with van der Waals surface area (Å²) in [5.74, 6) is -0.751. The molecule has 0 spiro atoms. The molecule has 1 rings (SSSR count). The second-order valence-electron chi connectivity index (χ2n) is 3.03. The average molecular weight is 294 g/mol. The molecule has 0 aliphatic heterocycles. The third kappa shape index (κ3) is 2.55. The van der Waals surface area contributed by atoms with E-state index in [0.29, 0.717) is 10.2 Å². The number of pyridine rings is 1. The van der Waals surface area contributed by atoms with E-state index in [-0.39, 0.29) is 12.2 Å². The van der Waals surface area contributed by atoms with Gasteiger partial charge in [0.15, 0.2) is 0 Å². The Morgan fingerprint density at radius 1 is 1.62 bits per heavy atom. The van der Waals surface area contributed by atoms with E-state index in [1.54, 1.807) is 6.92 Å². The van der Waals surface area contributed by atoms with Crippen LogP contribution in [0.5, 0.6) is 0 Å². The lowest BCUT2D eigenvalue weighted by Gasteiger charge is -2.11. The number of carbonyl (C=O) groups is 1. The Morgan fingerprint density at radius 2 is 2.25 bits per heavy atom. The molecule has 0 atom stereocenters. The molecule has 0 unspecified atom stereocenters. The van der Waals surface area contributed by atoms with Crippen LogP contribution in [0.1, 0.15) is 34.8 Å². The molecule has 0 fully saturated rings. The largest absolute Gasteiger partial charge is 0.462 e. The molecule has 0 aliphatic carbocycles. The number of hydrogen-bond acceptors (Lipinski definition) is 3. The van der Waals surface area contributed by atoms with Crippen LogP contribution in [0.2, 0.25) is 0 Å². The number of alkyl halides is 2. The van der Waals surface area contributed by atoms with Gasteiger partial charge in [-0.25, -0.2) is 18.6 Å². The summed E-state index contributed by atoms with van der Waals surface area (Å²) in [5.41, 5.74) is -0.158. The van der Waals surface area contributed by atoms with Gasteiger partial charge in [0, 0.05) is 6.20 Å². The Balaban J connectivity index is 3.31. The number of esters is 1. The van der Waals surface area contributed by atoms with Crippen LogP contribution in [0.25, 0.3) is 0 Å². The summed E-state index contributed by atoms with van der Waals surface area (Å²) in [6.07, 6.45) is -1.77. The SMILES string of the molecule is CCOC(=O)c1c(C(F)F)cnc(Br)c1C. The van der Waals surface area contributed by atoms with E-state index in [1.165, 1.54) is 6.92 Å². The predicted octanol–water partition coefficient (Wildman–Crippen LogP) is 3.27. The molecule has 0 saturated carbocycles. The zero-order valence-electron chi connectivity index (χ0n) is 8.76. The summed E-state index contributed by atoms with van der Waals surface area (Å²) < 4.78 is 30.4. The normalized spacial score (nSPS) is 10.6. The molecule has 1 aromatic heterocycles. The number of hydrogen-bond donors (Lipinski definition) is 0. The minimum atomic E-state index is -2.75. The van der Waals surface area contributed by atoms with Crippen LogP contribution in [0.3, 0.4) is 0 Å². The Labute approximate surface area is 99.9 Å². The first-order valence-corrected chi connectivity index (χ1v) is 5.38. The van der Waals surface area contributed by atoms with Crippen LogP contribution in [0.4, 0.5) is 8.78 Å². The van der Waals surface area contributed by atoms with E-state index in [2.05, 4.69) is 20.9 Å². The van der Waals surface area contributed by atoms with Crippen LogP contribution >= 0.6 is 15.9 Å². The summed E-state index contributed by atoms with van der Waals surface area (Å²) >= 11 is 3.08. The minimum Gasteiger partial charge on any atom is -0.462 e. The average Bonchev–Trinajstić information content (AvgIpc) is 2.21. The summed E-state index contributed by atoms with van der Waals surface area (Å²) in [5, 5.41) is 0. The van der Waals surface area contributed by atoms with Crippen LogP contribution < -0.4 is 0 Å². The number of aromatic nitrogens is 1. The molecule has 0 aliphatic rings. The number of halogens is 3. The van der Waals surface area contributed by atoms with Gasteiger partial charge in [-0.1, -0.05) is 0 Å². The molecule has 6 heteroatoms. The quantitative estimate of drug-likeness (QED) is 0.634. The van der Waals surface area contributed by atoms with Gasteiger partial charge in [-0.05, 0) is 35.3 Å². The zero-order chi connectivity index (χ0) is 12.3. The molecular formula is C10H10BrF2NO2. The van der Waals surface area contributed by atoms with Gasteiger partial charge < -0.3 is 4.74 Å². The lowest BCUT2D eigenvalue weighted by atomic mass is 10.1. The van der Waals surface area contributed by atoms with Crippen LogP contribution in [-0.4, -0.2) is 17.6 Å². The fourth-order valence-electron chi connectivity index (χ4n) is 1.25. The summed E-state index contributed by atoms with van der Waals surface area (Å²) in [7, 11) is 0. The predicted molar refractivity (Wildman–Crippen MR) is 57.6 cm³/mol. The van der Waals surface area contributed by atoms with E-state index in [4.69, 9.17) is 4.74 Å². The second-order valence-corrected chi connectivity index (χ2v) is 3.78. The maximum Gasteiger partial charge on any atom is 0.339 e. The molecule has 1 heterocycles. The number of nitrogens with zero attached hydrogens (tertiary/aromatic N) is 1. The van der Waals surface area contributed by atoms with Crippen molar-refractivity contribution in [2.75, 3.05) is 6.61 Å². The molecule has 0 N–H and O–H groups in total. The van der Waals surface area contributed by atoms with Crippen molar-refractivity contribution >= 4 is 21.9 Å². The molecule has 0 radical (unpaired) electrons. The van der Waals surface area contributed by atoms with Gasteiger partial charge in [0.1, 0.15) is 4.60 Å². The molecule has 1 aromatic rings. The number of rotatable bonds is 3. The smallest absolute Gasteiger partial charge is 0.339 e. The lowest BCUT2D eigenvalue weighted by Crippen LogP contribution is -2.12. The third-order valence-electron chi connectivity index (χ3n) is 2.00. The van der Waals surface area contributed by atoms with Gasteiger partial charge in [0.25, 0.3) is 6.43 Å². The van der Waals surface area contributed by atoms with E-state index in [1.807, 2.05) is 0 Å². The lowest BCUT2D eigenvalue weighted by molar-refractivity contribution is 0.0514. The molecule has 16 heavy (non-hydrogen) atoms. The van der Waals surface area contributed by atoms with Crippen molar-refractivity contribution in [1.29, 1.82) is 0 Å². The fraction of sp³-hybridized carbons (Fsp3) is 0.400. The van der Waals surface area contributed by atoms with Gasteiger partial charge in [-0.3, -0.25) is 0 Å². The van der Waals surface area contributed by atoms with Gasteiger partial charge in [-0.2, -0.15) is 0 Å². The molecule has 88 valence electrons. The molecular weight excluding hydrogens is 284 g/mol. The Kier molecular flexibility index (Phi) is 4.35. The Morgan fingerprint density at radius 3 is 2.75 bits per heavy atom. The summed E-state index contributed by atoms with van der Waals surface area (Å²) in [4.78, 5) is 15.3.